The molecule has 7 nitrogen and oxygen atoms in total. The van der Waals surface area contributed by atoms with Crippen LogP contribution in [0.2, 0.25) is 0 Å². The second-order valence-corrected chi connectivity index (χ2v) is 9.37. The molecule has 8 heteroatoms. The molecule has 158 valence electrons. The van der Waals surface area contributed by atoms with Crippen molar-refractivity contribution in [2.24, 2.45) is 0 Å². The smallest absolute Gasteiger partial charge is 0.251 e. The van der Waals surface area contributed by atoms with Gasteiger partial charge in [0.05, 0.1) is 29.3 Å². The van der Waals surface area contributed by atoms with E-state index in [1.54, 1.807) is 36.4 Å². The molecular weight excluding hydrogens is 414 g/mol. The van der Waals surface area contributed by atoms with Gasteiger partial charge in [0.1, 0.15) is 5.76 Å². The fraction of sp³-hybridized carbons (Fsp3) is 0.217. The van der Waals surface area contributed by atoms with Gasteiger partial charge in [-0.05, 0) is 66.9 Å². The Morgan fingerprint density at radius 2 is 1.77 bits per heavy atom. The number of hydrogen-bond acceptors (Lipinski definition) is 5. The number of sulfonamides is 1. The number of carbonyl (C=O) groups excluding carboxylic acids is 1. The number of carbonyl (C=O) groups is 1. The van der Waals surface area contributed by atoms with Crippen LogP contribution in [0, 0.1) is 11.3 Å². The summed E-state index contributed by atoms with van der Waals surface area (Å²) in [5.74, 6) is 0.393. The van der Waals surface area contributed by atoms with Crippen molar-refractivity contribution in [2.75, 3.05) is 0 Å². The van der Waals surface area contributed by atoms with Gasteiger partial charge in [-0.25, -0.2) is 8.42 Å². The summed E-state index contributed by atoms with van der Waals surface area (Å²) >= 11 is 0. The molecule has 2 aromatic carbocycles. The van der Waals surface area contributed by atoms with E-state index in [4.69, 9.17) is 9.68 Å². The summed E-state index contributed by atoms with van der Waals surface area (Å²) in [6.45, 7) is 0.160. The van der Waals surface area contributed by atoms with Gasteiger partial charge in [-0.2, -0.15) is 9.57 Å². The van der Waals surface area contributed by atoms with Gasteiger partial charge in [0.2, 0.25) is 10.0 Å². The summed E-state index contributed by atoms with van der Waals surface area (Å²) in [5.41, 5.74) is 1.67. The lowest BCUT2D eigenvalue weighted by molar-refractivity contribution is 0.0951. The number of benzene rings is 2. The number of nitriles is 1. The minimum Gasteiger partial charge on any atom is -0.468 e. The molecule has 0 aliphatic heterocycles. The first kappa shape index (κ1) is 20.8. The van der Waals surface area contributed by atoms with Crippen LogP contribution in [0.4, 0.5) is 0 Å². The molecular formula is C23H21N3O4S. The quantitative estimate of drug-likeness (QED) is 0.584. The van der Waals surface area contributed by atoms with Crippen LogP contribution < -0.4 is 5.32 Å². The van der Waals surface area contributed by atoms with Gasteiger partial charge in [0.25, 0.3) is 5.91 Å². The molecule has 31 heavy (non-hydrogen) atoms. The van der Waals surface area contributed by atoms with Gasteiger partial charge < -0.3 is 9.73 Å². The predicted molar refractivity (Wildman–Crippen MR) is 113 cm³/mol. The summed E-state index contributed by atoms with van der Waals surface area (Å²) in [6.07, 6.45) is 3.52. The largest absolute Gasteiger partial charge is 0.468 e. The van der Waals surface area contributed by atoms with E-state index in [0.717, 1.165) is 18.4 Å². The van der Waals surface area contributed by atoms with Crippen molar-refractivity contribution in [3.8, 4) is 6.07 Å². The van der Waals surface area contributed by atoms with Crippen molar-refractivity contribution < 1.29 is 17.6 Å². The molecule has 1 amide bonds. The van der Waals surface area contributed by atoms with Crippen molar-refractivity contribution in [3.63, 3.8) is 0 Å². The molecule has 4 rings (SSSR count). The summed E-state index contributed by atoms with van der Waals surface area (Å²) in [4.78, 5) is 12.3. The van der Waals surface area contributed by atoms with Crippen LogP contribution in [0.15, 0.2) is 76.2 Å². The Bertz CT molecular complexity index is 1190. The minimum absolute atomic E-state index is 0.0548. The van der Waals surface area contributed by atoms with E-state index in [2.05, 4.69) is 5.32 Å². The molecule has 0 bridgehead atoms. The topological polar surface area (TPSA) is 103 Å². The van der Waals surface area contributed by atoms with Crippen LogP contribution in [-0.2, 0) is 23.1 Å². The van der Waals surface area contributed by atoms with E-state index in [9.17, 15) is 13.2 Å². The Labute approximate surface area is 181 Å². The highest BCUT2D eigenvalue weighted by Gasteiger charge is 2.26. The van der Waals surface area contributed by atoms with Gasteiger partial charge in [0.15, 0.2) is 0 Å². The molecule has 1 saturated carbocycles. The second-order valence-electron chi connectivity index (χ2n) is 7.43. The van der Waals surface area contributed by atoms with Crippen molar-refractivity contribution in [1.82, 2.24) is 9.62 Å². The van der Waals surface area contributed by atoms with Crippen molar-refractivity contribution in [1.29, 1.82) is 5.26 Å². The number of rotatable bonds is 8. The normalized spacial score (nSPS) is 13.7. The number of nitrogens with one attached hydrogen (secondary N) is 1. The average molecular weight is 436 g/mol. The maximum absolute atomic E-state index is 13.3. The van der Waals surface area contributed by atoms with E-state index in [-0.39, 0.29) is 29.9 Å². The molecule has 0 radical (unpaired) electrons. The standard InChI is InChI=1S/C23H21N3O4S/c24-14-17-5-11-22(12-6-17)31(28,29)26(16-21-2-1-13-30-21)15-18-3-7-19(8-4-18)23(27)25-20-9-10-20/h1-8,11-13,20H,9-10,15-16H2,(H,25,27). The van der Waals surface area contributed by atoms with E-state index in [0.29, 0.717) is 16.9 Å². The molecule has 1 fully saturated rings. The lowest BCUT2D eigenvalue weighted by atomic mass is 10.1. The average Bonchev–Trinajstić information content (AvgIpc) is 3.45. The third-order valence-corrected chi connectivity index (χ3v) is 6.83. The molecule has 0 saturated heterocycles. The first-order chi connectivity index (χ1) is 15.0. The maximum atomic E-state index is 13.3. The molecule has 0 unspecified atom stereocenters. The zero-order valence-corrected chi connectivity index (χ0v) is 17.5. The first-order valence-corrected chi connectivity index (χ1v) is 11.3. The van der Waals surface area contributed by atoms with Gasteiger partial charge in [-0.15, -0.1) is 0 Å². The minimum atomic E-state index is -3.85. The van der Waals surface area contributed by atoms with Crippen LogP contribution in [0.25, 0.3) is 0 Å². The highest BCUT2D eigenvalue weighted by molar-refractivity contribution is 7.89. The molecule has 1 heterocycles. The van der Waals surface area contributed by atoms with Crippen molar-refractivity contribution in [2.45, 2.75) is 36.9 Å². The van der Waals surface area contributed by atoms with Crippen LogP contribution >= 0.6 is 0 Å². The summed E-state index contributed by atoms with van der Waals surface area (Å²) in [7, 11) is -3.85. The molecule has 0 atom stereocenters. The van der Waals surface area contributed by atoms with Gasteiger partial charge in [0, 0.05) is 18.2 Å². The second kappa shape index (κ2) is 8.76. The number of furan rings is 1. The molecule has 0 spiro atoms. The fourth-order valence-electron chi connectivity index (χ4n) is 3.11. The zero-order chi connectivity index (χ0) is 21.8. The zero-order valence-electron chi connectivity index (χ0n) is 16.7. The third-order valence-electron chi connectivity index (χ3n) is 5.02. The number of hydrogen-bond donors (Lipinski definition) is 1. The van der Waals surface area contributed by atoms with Gasteiger partial charge in [-0.3, -0.25) is 4.79 Å². The van der Waals surface area contributed by atoms with Gasteiger partial charge in [-0.1, -0.05) is 12.1 Å². The molecule has 1 aliphatic carbocycles. The number of nitrogens with zero attached hydrogens (tertiary/aromatic N) is 2. The monoisotopic (exact) mass is 435 g/mol. The predicted octanol–water partition coefficient (Wildman–Crippen LogP) is 3.43. The van der Waals surface area contributed by atoms with E-state index >= 15 is 0 Å². The summed E-state index contributed by atoms with van der Waals surface area (Å²) < 4.78 is 33.3. The van der Waals surface area contributed by atoms with Crippen LogP contribution in [0.1, 0.15) is 40.1 Å². The van der Waals surface area contributed by atoms with E-state index in [1.807, 2.05) is 6.07 Å². The third kappa shape index (κ3) is 5.02. The van der Waals surface area contributed by atoms with Crippen LogP contribution in [-0.4, -0.2) is 24.7 Å². The molecule has 1 N–H and O–H groups in total. The van der Waals surface area contributed by atoms with Gasteiger partial charge >= 0.3 is 0 Å². The lowest BCUT2D eigenvalue weighted by Crippen LogP contribution is -2.30. The highest BCUT2D eigenvalue weighted by atomic mass is 32.2. The summed E-state index contributed by atoms with van der Waals surface area (Å²) in [5, 5.41) is 11.9. The Balaban J connectivity index is 1.57. The van der Waals surface area contributed by atoms with E-state index < -0.39 is 10.0 Å². The lowest BCUT2D eigenvalue weighted by Gasteiger charge is -2.21. The Morgan fingerprint density at radius 3 is 2.35 bits per heavy atom. The SMILES string of the molecule is N#Cc1ccc(S(=O)(=O)N(Cc2ccc(C(=O)NC3CC3)cc2)Cc2ccco2)cc1. The molecule has 3 aromatic rings. The van der Waals surface area contributed by atoms with Crippen molar-refractivity contribution >= 4 is 15.9 Å². The van der Waals surface area contributed by atoms with Crippen LogP contribution in [0.5, 0.6) is 0 Å². The maximum Gasteiger partial charge on any atom is 0.251 e. The Hall–Kier alpha value is -3.41. The molecule has 1 aromatic heterocycles. The number of amides is 1. The molecule has 1 aliphatic rings. The highest BCUT2D eigenvalue weighted by Crippen LogP contribution is 2.23. The fourth-order valence-corrected chi connectivity index (χ4v) is 4.51. The Morgan fingerprint density at radius 1 is 1.06 bits per heavy atom. The summed E-state index contributed by atoms with van der Waals surface area (Å²) in [6, 6.07) is 18.4. The van der Waals surface area contributed by atoms with Crippen molar-refractivity contribution in [3.05, 3.63) is 89.4 Å². The first-order valence-electron chi connectivity index (χ1n) is 9.88. The van der Waals surface area contributed by atoms with E-state index in [1.165, 1.54) is 34.8 Å². The Kier molecular flexibility index (Phi) is 5.89. The van der Waals surface area contributed by atoms with Crippen LogP contribution in [0.3, 0.4) is 0 Å².